The van der Waals surface area contributed by atoms with E-state index in [0.29, 0.717) is 19.3 Å². The predicted molar refractivity (Wildman–Crippen MR) is 250 cm³/mol. The molecule has 0 aromatic heterocycles. The topological polar surface area (TPSA) is 95.9 Å². The first-order valence-electron chi connectivity index (χ1n) is 23.8. The number of esters is 1. The van der Waals surface area contributed by atoms with Crippen molar-refractivity contribution in [1.82, 2.24) is 5.32 Å². The van der Waals surface area contributed by atoms with E-state index in [9.17, 15) is 19.8 Å². The minimum atomic E-state index is -0.823. The third kappa shape index (κ3) is 39.8. The SMILES string of the molecule is CC/C=C/C/C=C/C/C=C/C/C=C/C/C=C/C(CC(=O)NC(CO)C(O)CCCCCCCCCCCC)OC(=O)CCCCCCCC/C=C/C=C/CCCCC. The Labute approximate surface area is 357 Å². The molecular formula is C52H89NO5. The Balaban J connectivity index is 4.79. The summed E-state index contributed by atoms with van der Waals surface area (Å²) in [7, 11) is 0. The lowest BCUT2D eigenvalue weighted by Crippen LogP contribution is -2.46. The second kappa shape index (κ2) is 45.1. The molecule has 0 saturated heterocycles. The van der Waals surface area contributed by atoms with E-state index in [4.69, 9.17) is 4.74 Å². The van der Waals surface area contributed by atoms with Crippen LogP contribution in [0, 0.1) is 0 Å². The molecule has 0 aromatic carbocycles. The molecule has 3 N–H and O–H groups in total. The van der Waals surface area contributed by atoms with Gasteiger partial charge in [-0.15, -0.1) is 0 Å². The molecule has 332 valence electrons. The lowest BCUT2D eigenvalue weighted by atomic mass is 10.0. The van der Waals surface area contributed by atoms with Crippen LogP contribution in [0.5, 0.6) is 0 Å². The van der Waals surface area contributed by atoms with Crippen molar-refractivity contribution in [2.45, 2.75) is 225 Å². The van der Waals surface area contributed by atoms with Crippen molar-refractivity contribution in [3.8, 4) is 0 Å². The van der Waals surface area contributed by atoms with E-state index in [1.807, 2.05) is 6.08 Å². The average Bonchev–Trinajstić information content (AvgIpc) is 3.22. The number of hydrogen-bond acceptors (Lipinski definition) is 5. The van der Waals surface area contributed by atoms with Crippen LogP contribution < -0.4 is 5.32 Å². The predicted octanol–water partition coefficient (Wildman–Crippen LogP) is 14.0. The summed E-state index contributed by atoms with van der Waals surface area (Å²) < 4.78 is 5.80. The number of hydrogen-bond donors (Lipinski definition) is 3. The van der Waals surface area contributed by atoms with Crippen molar-refractivity contribution in [2.24, 2.45) is 0 Å². The highest BCUT2D eigenvalue weighted by Gasteiger charge is 2.23. The first-order valence-corrected chi connectivity index (χ1v) is 23.8. The number of carbonyl (C=O) groups is 2. The number of aliphatic hydroxyl groups is 2. The maximum Gasteiger partial charge on any atom is 0.306 e. The molecule has 0 fully saturated rings. The van der Waals surface area contributed by atoms with Gasteiger partial charge in [-0.05, 0) is 76.7 Å². The van der Waals surface area contributed by atoms with Gasteiger partial charge in [0, 0.05) is 6.42 Å². The lowest BCUT2D eigenvalue weighted by molar-refractivity contribution is -0.148. The highest BCUT2D eigenvalue weighted by Crippen LogP contribution is 2.15. The van der Waals surface area contributed by atoms with E-state index < -0.39 is 18.2 Å². The Bertz CT molecular complexity index is 1130. The molecule has 0 saturated carbocycles. The van der Waals surface area contributed by atoms with Gasteiger partial charge in [0.2, 0.25) is 5.91 Å². The zero-order valence-corrected chi connectivity index (χ0v) is 37.6. The summed E-state index contributed by atoms with van der Waals surface area (Å²) in [4.78, 5) is 26.0. The van der Waals surface area contributed by atoms with Crippen molar-refractivity contribution in [2.75, 3.05) is 6.61 Å². The van der Waals surface area contributed by atoms with Gasteiger partial charge in [-0.1, -0.05) is 202 Å². The fourth-order valence-electron chi connectivity index (χ4n) is 6.62. The van der Waals surface area contributed by atoms with Gasteiger partial charge in [-0.25, -0.2) is 0 Å². The first kappa shape index (κ1) is 55.0. The number of unbranched alkanes of at least 4 members (excludes halogenated alkanes) is 18. The number of aliphatic hydroxyl groups excluding tert-OH is 2. The van der Waals surface area contributed by atoms with Gasteiger partial charge < -0.3 is 20.3 Å². The van der Waals surface area contributed by atoms with Gasteiger partial charge in [0.05, 0.1) is 25.2 Å². The lowest BCUT2D eigenvalue weighted by Gasteiger charge is -2.23. The summed E-state index contributed by atoms with van der Waals surface area (Å²) in [6.45, 7) is 6.27. The number of allylic oxidation sites excluding steroid dienone is 13. The molecule has 1 amide bonds. The summed E-state index contributed by atoms with van der Waals surface area (Å²) in [5.41, 5.74) is 0. The van der Waals surface area contributed by atoms with Crippen LogP contribution in [0.3, 0.4) is 0 Å². The van der Waals surface area contributed by atoms with Crippen LogP contribution in [-0.4, -0.2) is 46.9 Å². The van der Waals surface area contributed by atoms with Crippen LogP contribution >= 0.6 is 0 Å². The smallest absolute Gasteiger partial charge is 0.306 e. The van der Waals surface area contributed by atoms with Gasteiger partial charge in [0.1, 0.15) is 6.10 Å². The number of carbonyl (C=O) groups excluding carboxylic acids is 2. The molecule has 0 aliphatic rings. The average molecular weight is 808 g/mol. The number of ether oxygens (including phenoxy) is 1. The first-order chi connectivity index (χ1) is 28.5. The van der Waals surface area contributed by atoms with E-state index >= 15 is 0 Å². The molecule has 3 unspecified atom stereocenters. The largest absolute Gasteiger partial charge is 0.458 e. The van der Waals surface area contributed by atoms with Crippen molar-refractivity contribution < 1.29 is 24.5 Å². The zero-order valence-electron chi connectivity index (χ0n) is 37.6. The van der Waals surface area contributed by atoms with E-state index in [-0.39, 0.29) is 24.9 Å². The van der Waals surface area contributed by atoms with Crippen LogP contribution in [0.4, 0.5) is 0 Å². The van der Waals surface area contributed by atoms with Crippen LogP contribution in [0.1, 0.15) is 207 Å². The van der Waals surface area contributed by atoms with Crippen LogP contribution in [0.25, 0.3) is 0 Å². The normalized spacial score (nSPS) is 14.1. The molecule has 0 bridgehead atoms. The molecule has 0 aliphatic heterocycles. The number of rotatable bonds is 41. The summed E-state index contributed by atoms with van der Waals surface area (Å²) in [6.07, 6.45) is 58.1. The fraction of sp³-hybridized carbons (Fsp3) is 0.692. The summed E-state index contributed by atoms with van der Waals surface area (Å²) in [5, 5.41) is 23.6. The third-order valence-corrected chi connectivity index (χ3v) is 10.2. The number of nitrogens with one attached hydrogen (secondary N) is 1. The van der Waals surface area contributed by atoms with Crippen molar-refractivity contribution in [3.63, 3.8) is 0 Å². The summed E-state index contributed by atoms with van der Waals surface area (Å²) >= 11 is 0. The molecule has 0 heterocycles. The molecule has 6 heteroatoms. The van der Waals surface area contributed by atoms with E-state index in [1.165, 1.54) is 83.5 Å². The van der Waals surface area contributed by atoms with Gasteiger partial charge in [-0.3, -0.25) is 9.59 Å². The van der Waals surface area contributed by atoms with Crippen LogP contribution in [0.15, 0.2) is 85.1 Å². The Morgan fingerprint density at radius 3 is 1.53 bits per heavy atom. The monoisotopic (exact) mass is 808 g/mol. The zero-order chi connectivity index (χ0) is 42.4. The quantitative estimate of drug-likeness (QED) is 0.0247. The summed E-state index contributed by atoms with van der Waals surface area (Å²) in [5.74, 6) is -0.649. The molecule has 3 atom stereocenters. The Morgan fingerprint density at radius 1 is 0.552 bits per heavy atom. The van der Waals surface area contributed by atoms with Crippen molar-refractivity contribution in [3.05, 3.63) is 85.1 Å². The minimum Gasteiger partial charge on any atom is -0.458 e. The maximum atomic E-state index is 13.1. The summed E-state index contributed by atoms with van der Waals surface area (Å²) in [6, 6.07) is -0.746. The molecular weight excluding hydrogens is 719 g/mol. The van der Waals surface area contributed by atoms with E-state index in [1.54, 1.807) is 6.08 Å². The van der Waals surface area contributed by atoms with Crippen molar-refractivity contribution >= 4 is 11.9 Å². The molecule has 0 aliphatic carbocycles. The van der Waals surface area contributed by atoms with Gasteiger partial charge in [-0.2, -0.15) is 0 Å². The van der Waals surface area contributed by atoms with Gasteiger partial charge >= 0.3 is 5.97 Å². The third-order valence-electron chi connectivity index (χ3n) is 10.2. The minimum absolute atomic E-state index is 0.0545. The standard InChI is InChI=1S/C52H89NO5/c1-4-7-10-13-16-19-22-24-26-28-30-33-36-39-42-45-52(57)58-48(43-40-37-34-31-29-27-25-23-20-17-14-11-8-5-2)46-51(56)53-49(47-54)50(55)44-41-38-35-32-21-18-15-12-9-6-3/h8,11,16-17,19-20,22,24-25,27,31,34,40,43,48-50,54-55H,4-7,9-10,12-15,18,21,23,26,28-30,32-33,35-39,41-42,44-47H2,1-3H3,(H,53,56)/b11-8+,19-16+,20-17+,24-22+,27-25+,34-31+,43-40+. The van der Waals surface area contributed by atoms with Gasteiger partial charge in [0.15, 0.2) is 0 Å². The molecule has 0 rings (SSSR count). The van der Waals surface area contributed by atoms with Crippen molar-refractivity contribution in [1.29, 1.82) is 0 Å². The molecule has 58 heavy (non-hydrogen) atoms. The molecule has 0 radical (unpaired) electrons. The second-order valence-corrected chi connectivity index (χ2v) is 15.8. The van der Waals surface area contributed by atoms with Gasteiger partial charge in [0.25, 0.3) is 0 Å². The Hall–Kier alpha value is -2.96. The van der Waals surface area contributed by atoms with Crippen LogP contribution in [0.2, 0.25) is 0 Å². The molecule has 0 spiro atoms. The van der Waals surface area contributed by atoms with E-state index in [0.717, 1.165) is 77.0 Å². The molecule has 0 aromatic rings. The van der Waals surface area contributed by atoms with Crippen LogP contribution in [-0.2, 0) is 14.3 Å². The number of amides is 1. The highest BCUT2D eigenvalue weighted by atomic mass is 16.5. The molecule has 6 nitrogen and oxygen atoms in total. The van der Waals surface area contributed by atoms with E-state index in [2.05, 4.69) is 99.0 Å². The maximum absolute atomic E-state index is 13.1. The fourth-order valence-corrected chi connectivity index (χ4v) is 6.62. The second-order valence-electron chi connectivity index (χ2n) is 15.8. The highest BCUT2D eigenvalue weighted by molar-refractivity contribution is 5.78. The Kier molecular flexibility index (Phi) is 42.8. The Morgan fingerprint density at radius 2 is 1.00 bits per heavy atom.